The molecule has 5 N–H and O–H groups in total. The Morgan fingerprint density at radius 3 is 3.13 bits per heavy atom. The van der Waals surface area contributed by atoms with Crippen LogP contribution in [0.2, 0.25) is 0 Å². The van der Waals surface area contributed by atoms with E-state index in [1.165, 1.54) is 6.42 Å². The number of rotatable bonds is 2. The molecule has 0 radical (unpaired) electrons. The molecule has 0 aromatic carbocycles. The molecule has 0 amide bonds. The summed E-state index contributed by atoms with van der Waals surface area (Å²) in [5.41, 5.74) is 11.0. The zero-order chi connectivity index (χ0) is 10.7. The summed E-state index contributed by atoms with van der Waals surface area (Å²) < 4.78 is 5.64. The first-order valence-electron chi connectivity index (χ1n) is 5.38. The van der Waals surface area contributed by atoms with Crippen LogP contribution in [0.1, 0.15) is 25.7 Å². The summed E-state index contributed by atoms with van der Waals surface area (Å²) in [6, 6.07) is 0. The van der Waals surface area contributed by atoms with Crippen LogP contribution >= 0.6 is 0 Å². The highest BCUT2D eigenvalue weighted by molar-refractivity contribution is 5.80. The van der Waals surface area contributed by atoms with E-state index in [1.807, 2.05) is 6.08 Å². The van der Waals surface area contributed by atoms with Crippen molar-refractivity contribution in [2.75, 3.05) is 6.61 Å². The predicted molar refractivity (Wildman–Crippen MR) is 59.0 cm³/mol. The third-order valence-electron chi connectivity index (χ3n) is 2.76. The van der Waals surface area contributed by atoms with Gasteiger partial charge in [0, 0.05) is 19.2 Å². The van der Waals surface area contributed by atoms with Gasteiger partial charge >= 0.3 is 0 Å². The number of nitrogens with two attached hydrogens (primary N) is 2. The van der Waals surface area contributed by atoms with Crippen molar-refractivity contribution in [2.45, 2.75) is 37.5 Å². The molecule has 2 atom stereocenters. The maximum absolute atomic E-state index is 6.11. The van der Waals surface area contributed by atoms with E-state index in [-0.39, 0.29) is 6.10 Å². The first kappa shape index (κ1) is 10.4. The van der Waals surface area contributed by atoms with Gasteiger partial charge in [-0.2, -0.15) is 0 Å². The summed E-state index contributed by atoms with van der Waals surface area (Å²) in [4.78, 5) is 4.20. The third-order valence-corrected chi connectivity index (χ3v) is 2.76. The zero-order valence-electron chi connectivity index (χ0n) is 8.78. The Balaban J connectivity index is 1.97. The van der Waals surface area contributed by atoms with Gasteiger partial charge in [0.05, 0.1) is 6.10 Å². The first-order valence-corrected chi connectivity index (χ1v) is 5.38. The molecule has 2 rings (SSSR count). The quantitative estimate of drug-likeness (QED) is 0.600. The summed E-state index contributed by atoms with van der Waals surface area (Å²) in [5, 5.41) is 2.80. The number of nitrogens with zero attached hydrogens (tertiary/aromatic N) is 1. The van der Waals surface area contributed by atoms with Gasteiger partial charge in [-0.1, -0.05) is 0 Å². The van der Waals surface area contributed by atoms with E-state index in [1.54, 1.807) is 6.20 Å². The zero-order valence-corrected chi connectivity index (χ0v) is 8.78. The Morgan fingerprint density at radius 2 is 2.47 bits per heavy atom. The molecule has 2 aliphatic rings. The number of hydrogen-bond acceptors (Lipinski definition) is 5. The van der Waals surface area contributed by atoms with Crippen molar-refractivity contribution in [1.29, 1.82) is 0 Å². The fraction of sp³-hybridized carbons (Fsp3) is 0.700. The fourth-order valence-electron chi connectivity index (χ4n) is 2.01. The standard InChI is InChI=1S/C10H18N4O/c11-9-13-5-4-10(12,14-9)7-8-3-1-2-6-15-8/h4-5,8H,1-3,6-7,12H2,(H3,11,13,14). The van der Waals surface area contributed by atoms with Gasteiger partial charge in [0.25, 0.3) is 0 Å². The summed E-state index contributed by atoms with van der Waals surface area (Å²) in [6.07, 6.45) is 7.91. The van der Waals surface area contributed by atoms with Gasteiger partial charge in [-0.05, 0) is 25.3 Å². The van der Waals surface area contributed by atoms with Gasteiger partial charge < -0.3 is 21.5 Å². The minimum absolute atomic E-state index is 0.211. The number of hydrogen-bond donors (Lipinski definition) is 3. The fourth-order valence-corrected chi connectivity index (χ4v) is 2.01. The Labute approximate surface area is 89.6 Å². The molecule has 0 aromatic heterocycles. The highest BCUT2D eigenvalue weighted by Gasteiger charge is 2.29. The van der Waals surface area contributed by atoms with Crippen molar-refractivity contribution in [3.05, 3.63) is 12.3 Å². The second-order valence-electron chi connectivity index (χ2n) is 4.16. The van der Waals surface area contributed by atoms with Crippen molar-refractivity contribution >= 4 is 5.96 Å². The van der Waals surface area contributed by atoms with Gasteiger partial charge in [-0.15, -0.1) is 0 Å². The van der Waals surface area contributed by atoms with Crippen LogP contribution in [0.25, 0.3) is 0 Å². The minimum atomic E-state index is -0.697. The Bertz CT molecular complexity index is 283. The molecule has 1 saturated heterocycles. The summed E-state index contributed by atoms with van der Waals surface area (Å²) in [6.45, 7) is 0.835. The number of guanidine groups is 1. The molecule has 2 unspecified atom stereocenters. The van der Waals surface area contributed by atoms with E-state index in [0.717, 1.165) is 19.4 Å². The van der Waals surface area contributed by atoms with E-state index in [9.17, 15) is 0 Å². The van der Waals surface area contributed by atoms with E-state index in [0.29, 0.717) is 12.4 Å². The van der Waals surface area contributed by atoms with E-state index < -0.39 is 5.66 Å². The number of aliphatic imine (C=N–C) groups is 1. The minimum Gasteiger partial charge on any atom is -0.378 e. The first-order chi connectivity index (χ1) is 7.18. The largest absolute Gasteiger partial charge is 0.378 e. The lowest BCUT2D eigenvalue weighted by atomic mass is 9.97. The molecular weight excluding hydrogens is 192 g/mol. The second kappa shape index (κ2) is 4.20. The molecule has 5 nitrogen and oxygen atoms in total. The van der Waals surface area contributed by atoms with Gasteiger partial charge in [0.15, 0.2) is 5.96 Å². The van der Waals surface area contributed by atoms with Crippen LogP contribution in [0.3, 0.4) is 0 Å². The molecule has 84 valence electrons. The average molecular weight is 210 g/mol. The lowest BCUT2D eigenvalue weighted by Crippen LogP contribution is -2.47. The molecule has 1 fully saturated rings. The van der Waals surface area contributed by atoms with Crippen LogP contribution in [0.4, 0.5) is 0 Å². The Kier molecular flexibility index (Phi) is 2.93. The van der Waals surface area contributed by atoms with Gasteiger partial charge in [0.1, 0.15) is 5.66 Å². The lowest BCUT2D eigenvalue weighted by molar-refractivity contribution is 0.00251. The third kappa shape index (κ3) is 2.70. The smallest absolute Gasteiger partial charge is 0.194 e. The van der Waals surface area contributed by atoms with Crippen molar-refractivity contribution in [3.8, 4) is 0 Å². The topological polar surface area (TPSA) is 85.7 Å². The van der Waals surface area contributed by atoms with Gasteiger partial charge in [-0.25, -0.2) is 4.99 Å². The number of ether oxygens (including phenoxy) is 1. The van der Waals surface area contributed by atoms with Crippen LogP contribution in [0, 0.1) is 0 Å². The SMILES string of the molecule is NC1=NC(N)(CC2CCCCO2)C=CN1. The highest BCUT2D eigenvalue weighted by atomic mass is 16.5. The van der Waals surface area contributed by atoms with Crippen molar-refractivity contribution in [2.24, 2.45) is 16.5 Å². The maximum Gasteiger partial charge on any atom is 0.194 e. The molecule has 0 bridgehead atoms. The molecule has 2 aliphatic heterocycles. The van der Waals surface area contributed by atoms with Crippen molar-refractivity contribution < 1.29 is 4.74 Å². The van der Waals surface area contributed by atoms with Crippen LogP contribution in [-0.4, -0.2) is 24.3 Å². The average Bonchev–Trinajstić information content (AvgIpc) is 2.18. The second-order valence-corrected chi connectivity index (χ2v) is 4.16. The van der Waals surface area contributed by atoms with Crippen molar-refractivity contribution in [1.82, 2.24) is 5.32 Å². The van der Waals surface area contributed by atoms with Crippen LogP contribution in [0.15, 0.2) is 17.3 Å². The van der Waals surface area contributed by atoms with Gasteiger partial charge in [-0.3, -0.25) is 0 Å². The monoisotopic (exact) mass is 210 g/mol. The summed E-state index contributed by atoms with van der Waals surface area (Å²) >= 11 is 0. The van der Waals surface area contributed by atoms with Crippen LogP contribution in [-0.2, 0) is 4.74 Å². The summed E-state index contributed by atoms with van der Waals surface area (Å²) in [5.74, 6) is 0.371. The Hall–Kier alpha value is -1.07. The van der Waals surface area contributed by atoms with E-state index in [2.05, 4.69) is 10.3 Å². The molecule has 5 heteroatoms. The predicted octanol–water partition coefficient (Wildman–Crippen LogP) is 0.0322. The van der Waals surface area contributed by atoms with E-state index >= 15 is 0 Å². The summed E-state index contributed by atoms with van der Waals surface area (Å²) in [7, 11) is 0. The maximum atomic E-state index is 6.11. The van der Waals surface area contributed by atoms with Crippen molar-refractivity contribution in [3.63, 3.8) is 0 Å². The molecule has 2 heterocycles. The van der Waals surface area contributed by atoms with Gasteiger partial charge in [0.2, 0.25) is 0 Å². The lowest BCUT2D eigenvalue weighted by Gasteiger charge is -2.31. The molecule has 0 aromatic rings. The normalized spacial score (nSPS) is 35.8. The Morgan fingerprint density at radius 1 is 1.60 bits per heavy atom. The van der Waals surface area contributed by atoms with E-state index in [4.69, 9.17) is 16.2 Å². The molecular formula is C10H18N4O. The van der Waals surface area contributed by atoms with Crippen LogP contribution < -0.4 is 16.8 Å². The molecule has 0 aliphatic carbocycles. The highest BCUT2D eigenvalue weighted by Crippen LogP contribution is 2.23. The number of nitrogens with one attached hydrogen (secondary N) is 1. The molecule has 0 spiro atoms. The molecule has 15 heavy (non-hydrogen) atoms. The van der Waals surface area contributed by atoms with Crippen LogP contribution in [0.5, 0.6) is 0 Å². The molecule has 0 saturated carbocycles.